The van der Waals surface area contributed by atoms with Crippen molar-refractivity contribution < 1.29 is 9.50 Å². The van der Waals surface area contributed by atoms with E-state index < -0.39 is 6.08 Å². The number of fused-ring (bicyclic) bond motifs is 1. The molecule has 2 N–H and O–H groups in total. The van der Waals surface area contributed by atoms with E-state index in [2.05, 4.69) is 20.3 Å². The second-order valence-electron chi connectivity index (χ2n) is 6.13. The highest BCUT2D eigenvalue weighted by molar-refractivity contribution is 5.82. The van der Waals surface area contributed by atoms with Gasteiger partial charge >= 0.3 is 6.08 Å². The monoisotopic (exact) mass is 327 g/mol. The van der Waals surface area contributed by atoms with Crippen LogP contribution < -0.4 is 5.32 Å². The van der Waals surface area contributed by atoms with Gasteiger partial charge in [-0.2, -0.15) is 14.4 Å². The van der Waals surface area contributed by atoms with Crippen molar-refractivity contribution >= 4 is 17.0 Å². The van der Waals surface area contributed by atoms with Crippen molar-refractivity contribution in [2.45, 2.75) is 38.0 Å². The normalized spacial score (nSPS) is 20.6. The highest BCUT2D eigenvalue weighted by Crippen LogP contribution is 2.32. The lowest BCUT2D eigenvalue weighted by atomic mass is 10.2. The van der Waals surface area contributed by atoms with Gasteiger partial charge in [-0.3, -0.25) is 0 Å². The molecular formula is C17H18FN5O. The molecule has 0 saturated heterocycles. The maximum atomic E-state index is 13.9. The zero-order chi connectivity index (χ0) is 16.5. The summed E-state index contributed by atoms with van der Waals surface area (Å²) in [5.41, 5.74) is 2.09. The predicted molar refractivity (Wildman–Crippen MR) is 87.9 cm³/mol. The summed E-state index contributed by atoms with van der Waals surface area (Å²) in [5, 5.41) is 12.9. The zero-order valence-electron chi connectivity index (χ0n) is 13.1. The Morgan fingerprint density at radius 1 is 1.21 bits per heavy atom. The number of nitrogens with zero attached hydrogens (tertiary/aromatic N) is 4. The molecule has 2 heterocycles. The number of aromatic nitrogens is 4. The second-order valence-corrected chi connectivity index (χ2v) is 6.13. The fourth-order valence-electron chi connectivity index (χ4n) is 3.25. The molecule has 2 unspecified atom stereocenters. The second kappa shape index (κ2) is 6.16. The van der Waals surface area contributed by atoms with Crippen molar-refractivity contribution in [3.05, 3.63) is 48.3 Å². The molecule has 1 fully saturated rings. The Morgan fingerprint density at radius 3 is 2.79 bits per heavy atom. The van der Waals surface area contributed by atoms with Gasteiger partial charge < -0.3 is 15.0 Å². The molecule has 0 radical (unpaired) electrons. The average Bonchev–Trinajstić information content (AvgIpc) is 3.19. The molecule has 0 aliphatic heterocycles. The Bertz CT molecular complexity index is 851. The zero-order valence-corrected chi connectivity index (χ0v) is 13.1. The number of hydrogen-bond donors (Lipinski definition) is 2. The maximum Gasteiger partial charge on any atom is 0.312 e. The summed E-state index contributed by atoms with van der Waals surface area (Å²) in [6, 6.07) is 9.92. The summed E-state index contributed by atoms with van der Waals surface area (Å²) in [4.78, 5) is 12.1. The molecule has 1 aromatic carbocycles. The molecule has 0 bridgehead atoms. The van der Waals surface area contributed by atoms with Crippen LogP contribution in [0.2, 0.25) is 0 Å². The minimum absolute atomic E-state index is 0.0984. The van der Waals surface area contributed by atoms with Gasteiger partial charge in [-0.05, 0) is 24.8 Å². The van der Waals surface area contributed by atoms with Gasteiger partial charge in [0.2, 0.25) is 0 Å². The Balaban J connectivity index is 1.65. The molecule has 6 nitrogen and oxygen atoms in total. The SMILES string of the molecule is OC1CCC(n2cnc3c(NCc4ccccc4)nc(F)nc32)C1. The number of aliphatic hydroxyl groups excluding tert-OH is 1. The van der Waals surface area contributed by atoms with E-state index in [0.29, 0.717) is 29.9 Å². The van der Waals surface area contributed by atoms with Crippen molar-refractivity contribution in [3.63, 3.8) is 0 Å². The van der Waals surface area contributed by atoms with Crippen molar-refractivity contribution in [1.82, 2.24) is 19.5 Å². The third-order valence-electron chi connectivity index (χ3n) is 4.47. The third-order valence-corrected chi connectivity index (χ3v) is 4.47. The molecular weight excluding hydrogens is 309 g/mol. The highest BCUT2D eigenvalue weighted by Gasteiger charge is 2.26. The van der Waals surface area contributed by atoms with Gasteiger partial charge in [0.25, 0.3) is 0 Å². The van der Waals surface area contributed by atoms with Crippen LogP contribution >= 0.6 is 0 Å². The van der Waals surface area contributed by atoms with E-state index in [1.54, 1.807) is 6.33 Å². The first-order chi connectivity index (χ1) is 11.7. The Labute approximate surface area is 138 Å². The first-order valence-electron chi connectivity index (χ1n) is 8.06. The number of imidazole rings is 1. The van der Waals surface area contributed by atoms with E-state index in [1.807, 2.05) is 34.9 Å². The van der Waals surface area contributed by atoms with E-state index in [1.165, 1.54) is 0 Å². The van der Waals surface area contributed by atoms with Gasteiger partial charge in [-0.1, -0.05) is 30.3 Å². The Hall–Kier alpha value is -2.54. The third kappa shape index (κ3) is 2.82. The van der Waals surface area contributed by atoms with E-state index in [-0.39, 0.29) is 12.1 Å². The first-order valence-corrected chi connectivity index (χ1v) is 8.06. The molecule has 4 rings (SSSR count). The maximum absolute atomic E-state index is 13.9. The fraction of sp³-hybridized carbons (Fsp3) is 0.353. The summed E-state index contributed by atoms with van der Waals surface area (Å²) in [6.07, 6.45) is 2.80. The molecule has 24 heavy (non-hydrogen) atoms. The molecule has 124 valence electrons. The van der Waals surface area contributed by atoms with E-state index in [0.717, 1.165) is 18.4 Å². The molecule has 0 amide bonds. The van der Waals surface area contributed by atoms with Crippen LogP contribution in [0.15, 0.2) is 36.7 Å². The number of nitrogens with one attached hydrogen (secondary N) is 1. The number of anilines is 1. The van der Waals surface area contributed by atoms with E-state index in [9.17, 15) is 9.50 Å². The molecule has 1 saturated carbocycles. The van der Waals surface area contributed by atoms with Gasteiger partial charge in [0, 0.05) is 12.6 Å². The topological polar surface area (TPSA) is 75.9 Å². The molecule has 2 aromatic heterocycles. The van der Waals surface area contributed by atoms with Crippen molar-refractivity contribution in [2.75, 3.05) is 5.32 Å². The van der Waals surface area contributed by atoms with Gasteiger partial charge in [-0.15, -0.1) is 0 Å². The Morgan fingerprint density at radius 2 is 2.04 bits per heavy atom. The van der Waals surface area contributed by atoms with Crippen LogP contribution in [0.3, 0.4) is 0 Å². The molecule has 1 aliphatic carbocycles. The molecule has 2 atom stereocenters. The summed E-state index contributed by atoms with van der Waals surface area (Å²) in [5.74, 6) is 0.388. The molecule has 7 heteroatoms. The first kappa shape index (κ1) is 15.0. The lowest BCUT2D eigenvalue weighted by Gasteiger charge is -2.12. The van der Waals surface area contributed by atoms with Crippen LogP contribution in [0.1, 0.15) is 30.9 Å². The predicted octanol–water partition coefficient (Wildman–Crippen LogP) is 2.66. The van der Waals surface area contributed by atoms with Gasteiger partial charge in [0.05, 0.1) is 12.4 Å². The van der Waals surface area contributed by atoms with E-state index in [4.69, 9.17) is 0 Å². The van der Waals surface area contributed by atoms with Gasteiger partial charge in [0.1, 0.15) is 0 Å². The van der Waals surface area contributed by atoms with Crippen LogP contribution in [0, 0.1) is 6.08 Å². The largest absolute Gasteiger partial charge is 0.393 e. The lowest BCUT2D eigenvalue weighted by molar-refractivity contribution is 0.178. The summed E-state index contributed by atoms with van der Waals surface area (Å²) >= 11 is 0. The number of benzene rings is 1. The number of halogens is 1. The van der Waals surface area contributed by atoms with Gasteiger partial charge in [0.15, 0.2) is 17.0 Å². The van der Waals surface area contributed by atoms with Crippen LogP contribution in [0.25, 0.3) is 11.2 Å². The molecule has 1 aliphatic rings. The minimum Gasteiger partial charge on any atom is -0.393 e. The van der Waals surface area contributed by atoms with Gasteiger partial charge in [-0.25, -0.2) is 4.98 Å². The van der Waals surface area contributed by atoms with Crippen molar-refractivity contribution in [2.24, 2.45) is 0 Å². The van der Waals surface area contributed by atoms with Crippen molar-refractivity contribution in [3.8, 4) is 0 Å². The van der Waals surface area contributed by atoms with E-state index >= 15 is 0 Å². The number of hydrogen-bond acceptors (Lipinski definition) is 5. The van der Waals surface area contributed by atoms with Crippen LogP contribution in [0.4, 0.5) is 10.2 Å². The number of aliphatic hydroxyl groups is 1. The van der Waals surface area contributed by atoms with Crippen LogP contribution in [-0.2, 0) is 6.54 Å². The standard InChI is InChI=1S/C17H18FN5O/c18-17-21-15(19-9-11-4-2-1-3-5-11)14-16(22-17)23(10-20-14)12-6-7-13(24)8-12/h1-5,10,12-13,24H,6-9H2,(H,19,21,22). The average molecular weight is 327 g/mol. The highest BCUT2D eigenvalue weighted by atomic mass is 19.1. The lowest BCUT2D eigenvalue weighted by Crippen LogP contribution is -2.09. The quantitative estimate of drug-likeness (QED) is 0.721. The van der Waals surface area contributed by atoms with Crippen LogP contribution in [-0.4, -0.2) is 30.7 Å². The Kier molecular flexibility index (Phi) is 3.86. The summed E-state index contributed by atoms with van der Waals surface area (Å²) in [7, 11) is 0. The summed E-state index contributed by atoms with van der Waals surface area (Å²) < 4.78 is 15.7. The number of rotatable bonds is 4. The van der Waals surface area contributed by atoms with Crippen LogP contribution in [0.5, 0.6) is 0 Å². The molecule has 3 aromatic rings. The molecule has 0 spiro atoms. The minimum atomic E-state index is -0.779. The summed E-state index contributed by atoms with van der Waals surface area (Å²) in [6.45, 7) is 0.529. The smallest absolute Gasteiger partial charge is 0.312 e. The fourth-order valence-corrected chi connectivity index (χ4v) is 3.25. The van der Waals surface area contributed by atoms with Crippen molar-refractivity contribution in [1.29, 1.82) is 0 Å².